The van der Waals surface area contributed by atoms with Crippen molar-refractivity contribution < 1.29 is 9.84 Å². The fourth-order valence-corrected chi connectivity index (χ4v) is 1.73. The van der Waals surface area contributed by atoms with E-state index in [9.17, 15) is 5.11 Å². The molecule has 0 spiro atoms. The second-order valence-corrected chi connectivity index (χ2v) is 6.50. The molecule has 0 fully saturated rings. The predicted octanol–water partition coefficient (Wildman–Crippen LogP) is 3.37. The third kappa shape index (κ3) is 6.35. The average molecular weight is 359 g/mol. The third-order valence-corrected chi connectivity index (χ3v) is 3.43. The van der Waals surface area contributed by atoms with E-state index in [4.69, 9.17) is 27.9 Å². The Labute approximate surface area is 145 Å². The molecule has 8 heteroatoms. The SMILES string of the molecule is CC(C)(O)c1cc(Cl)ncn1.COC(C)(C)c1cc(Cl)ncn1. The van der Waals surface area contributed by atoms with Gasteiger partial charge in [0.25, 0.3) is 0 Å². The first-order valence-electron chi connectivity index (χ1n) is 6.80. The second-order valence-electron chi connectivity index (χ2n) is 5.73. The molecule has 2 rings (SSSR count). The summed E-state index contributed by atoms with van der Waals surface area (Å²) in [7, 11) is 1.63. The number of aromatic nitrogens is 4. The molecular formula is C15H20Cl2N4O2. The van der Waals surface area contributed by atoms with E-state index in [-0.39, 0.29) is 0 Å². The lowest BCUT2D eigenvalue weighted by atomic mass is 10.1. The van der Waals surface area contributed by atoms with E-state index in [1.165, 1.54) is 12.7 Å². The minimum atomic E-state index is -0.952. The standard InChI is InChI=1S/C8H11ClN2O.C7H9ClN2O/c1-8(2,12-3)6-4-7(9)11-5-10-6;1-7(2,11)5-3-6(8)10-4-9-5/h4-5H,1-3H3;3-4,11H,1-2H3. The van der Waals surface area contributed by atoms with E-state index in [0.29, 0.717) is 16.0 Å². The smallest absolute Gasteiger partial charge is 0.132 e. The number of ether oxygens (including phenoxy) is 1. The van der Waals surface area contributed by atoms with Crippen LogP contribution in [-0.2, 0) is 15.9 Å². The van der Waals surface area contributed by atoms with Crippen LogP contribution in [0.2, 0.25) is 10.3 Å². The monoisotopic (exact) mass is 358 g/mol. The Morgan fingerprint density at radius 1 is 0.870 bits per heavy atom. The van der Waals surface area contributed by atoms with Crippen molar-refractivity contribution in [3.05, 3.63) is 46.5 Å². The largest absolute Gasteiger partial charge is 0.384 e. The summed E-state index contributed by atoms with van der Waals surface area (Å²) < 4.78 is 5.23. The zero-order valence-corrected chi connectivity index (χ0v) is 15.2. The summed E-state index contributed by atoms with van der Waals surface area (Å²) in [6.07, 6.45) is 2.76. The van der Waals surface area contributed by atoms with Gasteiger partial charge in [-0.15, -0.1) is 0 Å². The fraction of sp³-hybridized carbons (Fsp3) is 0.467. The van der Waals surface area contributed by atoms with Crippen molar-refractivity contribution in [1.29, 1.82) is 0 Å². The molecule has 0 aromatic carbocycles. The molecule has 0 aliphatic rings. The van der Waals surface area contributed by atoms with Gasteiger partial charge in [-0.25, -0.2) is 19.9 Å². The predicted molar refractivity (Wildman–Crippen MR) is 89.4 cm³/mol. The molecule has 0 radical (unpaired) electrons. The fourth-order valence-electron chi connectivity index (χ4n) is 1.44. The number of rotatable bonds is 3. The molecule has 2 heterocycles. The third-order valence-electron chi connectivity index (χ3n) is 3.02. The van der Waals surface area contributed by atoms with E-state index in [1.807, 2.05) is 13.8 Å². The summed E-state index contributed by atoms with van der Waals surface area (Å²) in [6.45, 7) is 7.13. The molecule has 0 amide bonds. The van der Waals surface area contributed by atoms with E-state index in [1.54, 1.807) is 33.1 Å². The van der Waals surface area contributed by atoms with Crippen LogP contribution in [0.4, 0.5) is 0 Å². The van der Waals surface area contributed by atoms with E-state index >= 15 is 0 Å². The average Bonchev–Trinajstić information content (AvgIpc) is 2.47. The van der Waals surface area contributed by atoms with Crippen LogP contribution < -0.4 is 0 Å². The quantitative estimate of drug-likeness (QED) is 0.847. The summed E-state index contributed by atoms with van der Waals surface area (Å²) in [5, 5.41) is 10.2. The van der Waals surface area contributed by atoms with Crippen LogP contribution in [0.15, 0.2) is 24.8 Å². The number of aliphatic hydroxyl groups is 1. The Kier molecular flexibility index (Phi) is 6.83. The van der Waals surface area contributed by atoms with Gasteiger partial charge in [0, 0.05) is 13.2 Å². The molecule has 0 aliphatic heterocycles. The number of halogens is 2. The van der Waals surface area contributed by atoms with Gasteiger partial charge in [-0.2, -0.15) is 0 Å². The highest BCUT2D eigenvalue weighted by Crippen LogP contribution is 2.22. The van der Waals surface area contributed by atoms with Gasteiger partial charge in [0.15, 0.2) is 0 Å². The number of hydrogen-bond donors (Lipinski definition) is 1. The second kappa shape index (κ2) is 7.97. The minimum absolute atomic E-state index is 0.345. The number of nitrogens with zero attached hydrogens (tertiary/aromatic N) is 4. The van der Waals surface area contributed by atoms with Gasteiger partial charge >= 0.3 is 0 Å². The van der Waals surface area contributed by atoms with Gasteiger partial charge in [0.1, 0.15) is 34.2 Å². The van der Waals surface area contributed by atoms with Crippen LogP contribution >= 0.6 is 23.2 Å². The molecular weight excluding hydrogens is 339 g/mol. The summed E-state index contributed by atoms with van der Waals surface area (Å²) in [4.78, 5) is 15.4. The topological polar surface area (TPSA) is 81.0 Å². The maximum absolute atomic E-state index is 9.46. The highest BCUT2D eigenvalue weighted by atomic mass is 35.5. The van der Waals surface area contributed by atoms with Gasteiger partial charge in [-0.3, -0.25) is 0 Å². The van der Waals surface area contributed by atoms with Crippen molar-refractivity contribution >= 4 is 23.2 Å². The van der Waals surface area contributed by atoms with Crippen LogP contribution in [0.25, 0.3) is 0 Å². The van der Waals surface area contributed by atoms with Crippen LogP contribution in [0.3, 0.4) is 0 Å². The summed E-state index contributed by atoms with van der Waals surface area (Å²) in [6, 6.07) is 3.24. The van der Waals surface area contributed by atoms with E-state index < -0.39 is 11.2 Å². The molecule has 23 heavy (non-hydrogen) atoms. The highest BCUT2D eigenvalue weighted by molar-refractivity contribution is 6.29. The Morgan fingerprint density at radius 2 is 1.30 bits per heavy atom. The lowest BCUT2D eigenvalue weighted by molar-refractivity contribution is 0.0154. The number of methoxy groups -OCH3 is 1. The first-order chi connectivity index (χ1) is 10.6. The molecule has 0 saturated heterocycles. The molecule has 0 unspecified atom stereocenters. The van der Waals surface area contributed by atoms with Gasteiger partial charge in [-0.1, -0.05) is 23.2 Å². The Hall–Kier alpha value is -1.34. The Bertz CT molecular complexity index is 645. The van der Waals surface area contributed by atoms with Gasteiger partial charge in [-0.05, 0) is 33.8 Å². The van der Waals surface area contributed by atoms with Crippen molar-refractivity contribution in [2.75, 3.05) is 7.11 Å². The molecule has 6 nitrogen and oxygen atoms in total. The Balaban J connectivity index is 0.000000231. The highest BCUT2D eigenvalue weighted by Gasteiger charge is 2.21. The molecule has 0 atom stereocenters. The lowest BCUT2D eigenvalue weighted by Crippen LogP contribution is -2.21. The van der Waals surface area contributed by atoms with Crippen molar-refractivity contribution in [2.24, 2.45) is 0 Å². The molecule has 2 aromatic heterocycles. The van der Waals surface area contributed by atoms with Crippen molar-refractivity contribution in [2.45, 2.75) is 38.9 Å². The first kappa shape index (κ1) is 19.7. The van der Waals surface area contributed by atoms with Gasteiger partial charge < -0.3 is 9.84 Å². The van der Waals surface area contributed by atoms with Crippen LogP contribution in [-0.4, -0.2) is 32.2 Å². The normalized spacial score (nSPS) is 11.7. The van der Waals surface area contributed by atoms with Crippen molar-refractivity contribution in [1.82, 2.24) is 19.9 Å². The zero-order chi connectivity index (χ0) is 17.7. The molecule has 2 aromatic rings. The van der Waals surface area contributed by atoms with Gasteiger partial charge in [0.2, 0.25) is 0 Å². The van der Waals surface area contributed by atoms with Crippen molar-refractivity contribution in [3.63, 3.8) is 0 Å². The summed E-state index contributed by atoms with van der Waals surface area (Å²) in [5.41, 5.74) is -0.0541. The van der Waals surface area contributed by atoms with Crippen LogP contribution in [0, 0.1) is 0 Å². The Morgan fingerprint density at radius 3 is 1.65 bits per heavy atom. The van der Waals surface area contributed by atoms with Crippen molar-refractivity contribution in [3.8, 4) is 0 Å². The molecule has 1 N–H and O–H groups in total. The zero-order valence-electron chi connectivity index (χ0n) is 13.7. The summed E-state index contributed by atoms with van der Waals surface area (Å²) >= 11 is 11.3. The van der Waals surface area contributed by atoms with Gasteiger partial charge in [0.05, 0.1) is 11.4 Å². The molecule has 126 valence electrons. The maximum Gasteiger partial charge on any atom is 0.132 e. The number of hydrogen-bond acceptors (Lipinski definition) is 6. The lowest BCUT2D eigenvalue weighted by Gasteiger charge is -2.21. The van der Waals surface area contributed by atoms with E-state index in [0.717, 1.165) is 5.69 Å². The molecule has 0 bridgehead atoms. The van der Waals surface area contributed by atoms with Crippen LogP contribution in [0.5, 0.6) is 0 Å². The molecule has 0 aliphatic carbocycles. The maximum atomic E-state index is 9.46. The first-order valence-corrected chi connectivity index (χ1v) is 7.55. The molecule has 0 saturated carbocycles. The van der Waals surface area contributed by atoms with E-state index in [2.05, 4.69) is 19.9 Å². The minimum Gasteiger partial charge on any atom is -0.384 e. The summed E-state index contributed by atoms with van der Waals surface area (Å²) in [5.74, 6) is 0. The van der Waals surface area contributed by atoms with Crippen LogP contribution in [0.1, 0.15) is 39.1 Å².